The molecule has 32 heavy (non-hydrogen) atoms. The molecule has 1 aromatic carbocycles. The minimum absolute atomic E-state index is 0.0309. The lowest BCUT2D eigenvalue weighted by Crippen LogP contribution is -2.40. The summed E-state index contributed by atoms with van der Waals surface area (Å²) in [5, 5.41) is 6.66. The van der Waals surface area contributed by atoms with Crippen LogP contribution in [0.4, 0.5) is 0 Å². The van der Waals surface area contributed by atoms with E-state index < -0.39 is 0 Å². The van der Waals surface area contributed by atoms with Crippen LogP contribution in [0.3, 0.4) is 0 Å². The van der Waals surface area contributed by atoms with Crippen molar-refractivity contribution in [2.24, 2.45) is 0 Å². The third-order valence-corrected chi connectivity index (χ3v) is 5.13. The number of ether oxygens (including phenoxy) is 3. The minimum atomic E-state index is -0.178. The third kappa shape index (κ3) is 6.63. The summed E-state index contributed by atoms with van der Waals surface area (Å²) >= 11 is 0. The highest BCUT2D eigenvalue weighted by Crippen LogP contribution is 2.33. The number of methoxy groups -OCH3 is 1. The molecule has 0 spiro atoms. The number of aromatic nitrogens is 1. The first kappa shape index (κ1) is 23.4. The summed E-state index contributed by atoms with van der Waals surface area (Å²) in [6, 6.07) is 7.28. The van der Waals surface area contributed by atoms with Gasteiger partial charge >= 0.3 is 0 Å². The molecule has 0 radical (unpaired) electrons. The Morgan fingerprint density at radius 1 is 1.25 bits per heavy atom. The fraction of sp³-hybridized carbons (Fsp3) is 0.522. The second kappa shape index (κ2) is 12.0. The van der Waals surface area contributed by atoms with Crippen molar-refractivity contribution in [2.75, 3.05) is 33.4 Å². The SMILES string of the molecule is CCOc1cccc2c1OCCCCCNC(=O)CN(C(=O)CCc1cc(OC)no1)C2. The van der Waals surface area contributed by atoms with Gasteiger partial charge in [0, 0.05) is 37.6 Å². The quantitative estimate of drug-likeness (QED) is 0.729. The van der Waals surface area contributed by atoms with Crippen LogP contribution in [-0.2, 0) is 22.6 Å². The van der Waals surface area contributed by atoms with Gasteiger partial charge in [-0.25, -0.2) is 0 Å². The molecule has 0 aliphatic carbocycles. The Bertz CT molecular complexity index is 898. The van der Waals surface area contributed by atoms with Gasteiger partial charge in [0.2, 0.25) is 11.8 Å². The second-order valence-corrected chi connectivity index (χ2v) is 7.52. The molecule has 1 aliphatic heterocycles. The lowest BCUT2D eigenvalue weighted by Gasteiger charge is -2.24. The predicted molar refractivity (Wildman–Crippen MR) is 117 cm³/mol. The van der Waals surface area contributed by atoms with Crippen molar-refractivity contribution in [1.29, 1.82) is 0 Å². The molecule has 0 unspecified atom stereocenters. The van der Waals surface area contributed by atoms with Gasteiger partial charge in [-0.1, -0.05) is 12.1 Å². The van der Waals surface area contributed by atoms with E-state index in [1.54, 1.807) is 11.0 Å². The highest BCUT2D eigenvalue weighted by molar-refractivity contribution is 5.85. The number of nitrogens with one attached hydrogen (secondary N) is 1. The Hall–Kier alpha value is -3.23. The largest absolute Gasteiger partial charge is 0.490 e. The highest BCUT2D eigenvalue weighted by Gasteiger charge is 2.22. The maximum absolute atomic E-state index is 13.1. The summed E-state index contributed by atoms with van der Waals surface area (Å²) in [6.45, 7) is 3.75. The number of fused-ring (bicyclic) bond motifs is 1. The molecule has 0 fully saturated rings. The average Bonchev–Trinajstić information content (AvgIpc) is 3.26. The minimum Gasteiger partial charge on any atom is -0.490 e. The standard InChI is InChI=1S/C23H31N3O6/c1-3-30-19-9-7-8-17-15-26(22(28)11-10-18-14-21(29-2)25-32-18)16-20(27)24-12-5-4-6-13-31-23(17)19/h7-9,14H,3-6,10-13,15-16H2,1-2H3,(H,24,27). The third-order valence-electron chi connectivity index (χ3n) is 5.13. The number of amides is 2. The van der Waals surface area contributed by atoms with Crippen LogP contribution in [0.2, 0.25) is 0 Å². The van der Waals surface area contributed by atoms with Crippen molar-refractivity contribution < 1.29 is 28.3 Å². The molecule has 0 saturated carbocycles. The first-order valence-corrected chi connectivity index (χ1v) is 11.0. The van der Waals surface area contributed by atoms with Crippen LogP contribution < -0.4 is 19.5 Å². The van der Waals surface area contributed by atoms with E-state index >= 15 is 0 Å². The summed E-state index contributed by atoms with van der Waals surface area (Å²) in [5.74, 6) is 1.84. The molecule has 2 aromatic rings. The zero-order valence-electron chi connectivity index (χ0n) is 18.7. The van der Waals surface area contributed by atoms with Gasteiger partial charge in [-0.2, -0.15) is 0 Å². The highest BCUT2D eigenvalue weighted by atomic mass is 16.5. The van der Waals surface area contributed by atoms with E-state index in [1.807, 2.05) is 25.1 Å². The molecule has 0 atom stereocenters. The first-order valence-electron chi connectivity index (χ1n) is 11.0. The van der Waals surface area contributed by atoms with Gasteiger partial charge in [0.1, 0.15) is 5.76 Å². The van der Waals surface area contributed by atoms with E-state index in [9.17, 15) is 9.59 Å². The molecular formula is C23H31N3O6. The number of rotatable bonds is 6. The molecule has 0 saturated heterocycles. The number of para-hydroxylation sites is 1. The topological polar surface area (TPSA) is 103 Å². The number of hydrogen-bond acceptors (Lipinski definition) is 7. The number of carbonyl (C=O) groups excluding carboxylic acids is 2. The fourth-order valence-corrected chi connectivity index (χ4v) is 3.49. The number of hydrogen-bond donors (Lipinski definition) is 1. The van der Waals surface area contributed by atoms with Crippen LogP contribution in [0.15, 0.2) is 28.8 Å². The Morgan fingerprint density at radius 3 is 2.91 bits per heavy atom. The van der Waals surface area contributed by atoms with E-state index in [2.05, 4.69) is 10.5 Å². The van der Waals surface area contributed by atoms with E-state index in [4.69, 9.17) is 18.7 Å². The molecule has 1 aliphatic rings. The number of carbonyl (C=O) groups is 2. The van der Waals surface area contributed by atoms with Crippen molar-refractivity contribution >= 4 is 11.8 Å². The molecule has 0 bridgehead atoms. The van der Waals surface area contributed by atoms with Crippen LogP contribution in [0, 0.1) is 0 Å². The molecule has 174 valence electrons. The van der Waals surface area contributed by atoms with E-state index in [0.717, 1.165) is 24.8 Å². The lowest BCUT2D eigenvalue weighted by molar-refractivity contribution is -0.136. The predicted octanol–water partition coefficient (Wildman–Crippen LogP) is 2.72. The number of benzene rings is 1. The molecule has 1 N–H and O–H groups in total. The van der Waals surface area contributed by atoms with Gasteiger partial charge in [0.25, 0.3) is 5.88 Å². The summed E-state index contributed by atoms with van der Waals surface area (Å²) < 4.78 is 22.0. The monoisotopic (exact) mass is 445 g/mol. The Labute approximate surface area is 188 Å². The molecule has 1 aromatic heterocycles. The fourth-order valence-electron chi connectivity index (χ4n) is 3.49. The van der Waals surface area contributed by atoms with Gasteiger partial charge in [0.15, 0.2) is 11.5 Å². The summed E-state index contributed by atoms with van der Waals surface area (Å²) in [5.41, 5.74) is 0.803. The second-order valence-electron chi connectivity index (χ2n) is 7.52. The Kier molecular flexibility index (Phi) is 8.77. The molecule has 9 nitrogen and oxygen atoms in total. The maximum Gasteiger partial charge on any atom is 0.254 e. The van der Waals surface area contributed by atoms with Crippen molar-refractivity contribution in [1.82, 2.24) is 15.4 Å². The van der Waals surface area contributed by atoms with E-state index in [0.29, 0.717) is 49.3 Å². The van der Waals surface area contributed by atoms with Gasteiger partial charge in [-0.05, 0) is 37.4 Å². The zero-order chi connectivity index (χ0) is 22.8. The molecule has 2 amide bonds. The lowest BCUT2D eigenvalue weighted by atomic mass is 10.1. The van der Waals surface area contributed by atoms with Crippen molar-refractivity contribution in [3.05, 3.63) is 35.6 Å². The van der Waals surface area contributed by atoms with Crippen LogP contribution in [0.5, 0.6) is 17.4 Å². The van der Waals surface area contributed by atoms with Gasteiger partial charge in [-0.15, -0.1) is 0 Å². The van der Waals surface area contributed by atoms with Crippen LogP contribution >= 0.6 is 0 Å². The first-order chi connectivity index (χ1) is 15.6. The molecule has 2 heterocycles. The smallest absolute Gasteiger partial charge is 0.254 e. The average molecular weight is 446 g/mol. The van der Waals surface area contributed by atoms with Gasteiger partial charge in [0.05, 0.1) is 26.9 Å². The Balaban J connectivity index is 1.80. The molecule has 3 rings (SSSR count). The van der Waals surface area contributed by atoms with Crippen LogP contribution in [-0.4, -0.2) is 55.3 Å². The van der Waals surface area contributed by atoms with Crippen molar-refractivity contribution in [3.8, 4) is 17.4 Å². The van der Waals surface area contributed by atoms with Crippen molar-refractivity contribution in [2.45, 2.75) is 45.6 Å². The zero-order valence-corrected chi connectivity index (χ0v) is 18.7. The van der Waals surface area contributed by atoms with Gasteiger partial charge in [-0.3, -0.25) is 9.59 Å². The number of aryl methyl sites for hydroxylation is 1. The Morgan fingerprint density at radius 2 is 2.12 bits per heavy atom. The van der Waals surface area contributed by atoms with Crippen molar-refractivity contribution in [3.63, 3.8) is 0 Å². The number of nitrogens with zero attached hydrogens (tertiary/aromatic N) is 2. The maximum atomic E-state index is 13.1. The normalized spacial score (nSPS) is 15.3. The summed E-state index contributed by atoms with van der Waals surface area (Å²) in [6.07, 6.45) is 3.20. The van der Waals surface area contributed by atoms with E-state index in [-0.39, 0.29) is 31.3 Å². The molecular weight excluding hydrogens is 414 g/mol. The summed E-state index contributed by atoms with van der Waals surface area (Å²) in [7, 11) is 1.50. The van der Waals surface area contributed by atoms with Crippen LogP contribution in [0.25, 0.3) is 0 Å². The van der Waals surface area contributed by atoms with Crippen LogP contribution in [0.1, 0.15) is 43.9 Å². The molecule has 9 heteroatoms. The van der Waals surface area contributed by atoms with Gasteiger partial charge < -0.3 is 29.0 Å². The van der Waals surface area contributed by atoms with E-state index in [1.165, 1.54) is 7.11 Å². The summed E-state index contributed by atoms with van der Waals surface area (Å²) in [4.78, 5) is 27.1.